The number of hydrogen-bond donors (Lipinski definition) is 2. The van der Waals surface area contributed by atoms with Crippen LogP contribution in [0.25, 0.3) is 0 Å². The van der Waals surface area contributed by atoms with E-state index in [9.17, 15) is 15.0 Å². The Hall–Kier alpha value is -1.36. The van der Waals surface area contributed by atoms with Crippen molar-refractivity contribution in [1.82, 2.24) is 0 Å². The summed E-state index contributed by atoms with van der Waals surface area (Å²) in [6.07, 6.45) is 10.8. The molecule has 0 radical (unpaired) electrons. The number of aliphatic hydroxyl groups excluding tert-OH is 2. The first-order valence-corrected chi connectivity index (χ1v) is 11.7. The monoisotopic (exact) mass is 436 g/mol. The molecular formula is C25H37ClO4. The van der Waals surface area contributed by atoms with E-state index in [1.54, 1.807) is 0 Å². The van der Waals surface area contributed by atoms with Gasteiger partial charge >= 0.3 is 5.97 Å². The van der Waals surface area contributed by atoms with Gasteiger partial charge in [0.15, 0.2) is 0 Å². The smallest absolute Gasteiger partial charge is 0.305 e. The fraction of sp³-hybridized carbons (Fsp3) is 0.640. The number of benzene rings is 1. The topological polar surface area (TPSA) is 66.8 Å². The van der Waals surface area contributed by atoms with Crippen LogP contribution in [0.4, 0.5) is 0 Å². The average molecular weight is 437 g/mol. The van der Waals surface area contributed by atoms with Crippen molar-refractivity contribution in [2.45, 2.75) is 88.2 Å². The standard InChI is InChI=1S/C25H37ClO4/c1-3-4-7-11-22(27)18-13-15-19(16-14-18)25-20(21(26)17-23(25)28)10-8-5-6-9-12-24(29)30-2/h5,8,13-16,20-23,25,27-28H,3-4,6-7,9-12,17H2,1-2H3/b8-5-/t20-,21+,22?,23+,25+/m0/s1. The van der Waals surface area contributed by atoms with E-state index in [0.29, 0.717) is 12.8 Å². The maximum absolute atomic E-state index is 11.2. The molecule has 0 bridgehead atoms. The highest BCUT2D eigenvalue weighted by molar-refractivity contribution is 6.21. The summed E-state index contributed by atoms with van der Waals surface area (Å²) in [4.78, 5) is 11.2. The van der Waals surface area contributed by atoms with Gasteiger partial charge in [0.25, 0.3) is 0 Å². The van der Waals surface area contributed by atoms with E-state index in [2.05, 4.69) is 23.8 Å². The summed E-state index contributed by atoms with van der Waals surface area (Å²) in [5.74, 6) is -0.0144. The molecule has 0 aliphatic heterocycles. The molecule has 2 rings (SSSR count). The predicted molar refractivity (Wildman–Crippen MR) is 122 cm³/mol. The molecule has 0 aromatic heterocycles. The van der Waals surface area contributed by atoms with E-state index >= 15 is 0 Å². The number of unbranched alkanes of at least 4 members (excludes halogenated alkanes) is 3. The fourth-order valence-electron chi connectivity index (χ4n) is 4.36. The van der Waals surface area contributed by atoms with Crippen LogP contribution in [0.1, 0.15) is 87.9 Å². The molecule has 1 fully saturated rings. The van der Waals surface area contributed by atoms with E-state index < -0.39 is 12.2 Å². The van der Waals surface area contributed by atoms with E-state index in [-0.39, 0.29) is 23.2 Å². The fourth-order valence-corrected chi connectivity index (χ4v) is 4.80. The SMILES string of the molecule is CCCCCC(O)c1ccc([C@@H]2[C@@H](C/C=C\CCCC(=O)OC)[C@H](Cl)C[C@H]2O)cc1. The predicted octanol–water partition coefficient (Wildman–Crippen LogP) is 5.66. The molecule has 1 aromatic rings. The van der Waals surface area contributed by atoms with E-state index in [1.807, 2.05) is 24.3 Å². The number of carbonyl (C=O) groups is 1. The Morgan fingerprint density at radius 3 is 2.63 bits per heavy atom. The van der Waals surface area contributed by atoms with Crippen molar-refractivity contribution in [3.05, 3.63) is 47.5 Å². The summed E-state index contributed by atoms with van der Waals surface area (Å²) in [5.41, 5.74) is 2.02. The molecule has 1 unspecified atom stereocenters. The van der Waals surface area contributed by atoms with Gasteiger partial charge in [0.2, 0.25) is 0 Å². The average Bonchev–Trinajstić information content (AvgIpc) is 3.03. The van der Waals surface area contributed by atoms with Crippen LogP contribution < -0.4 is 0 Å². The van der Waals surface area contributed by atoms with Crippen LogP contribution in [0.15, 0.2) is 36.4 Å². The van der Waals surface area contributed by atoms with Crippen LogP contribution in [-0.4, -0.2) is 34.8 Å². The van der Waals surface area contributed by atoms with Crippen LogP contribution in [0.2, 0.25) is 0 Å². The van der Waals surface area contributed by atoms with Gasteiger partial charge in [-0.1, -0.05) is 62.6 Å². The number of esters is 1. The highest BCUT2D eigenvalue weighted by Gasteiger charge is 2.41. The molecule has 5 heteroatoms. The van der Waals surface area contributed by atoms with Crippen LogP contribution >= 0.6 is 11.6 Å². The third-order valence-electron chi connectivity index (χ3n) is 6.15. The van der Waals surface area contributed by atoms with Gasteiger partial charge in [0, 0.05) is 17.7 Å². The zero-order valence-electron chi connectivity index (χ0n) is 18.3. The lowest BCUT2D eigenvalue weighted by Crippen LogP contribution is -2.18. The minimum atomic E-state index is -0.453. The number of aliphatic hydroxyl groups is 2. The number of hydrogen-bond acceptors (Lipinski definition) is 4. The zero-order chi connectivity index (χ0) is 21.9. The Labute approximate surface area is 186 Å². The number of allylic oxidation sites excluding steroid dienone is 2. The summed E-state index contributed by atoms with van der Waals surface area (Å²) in [6, 6.07) is 8.04. The molecule has 168 valence electrons. The highest BCUT2D eigenvalue weighted by atomic mass is 35.5. The first kappa shape index (κ1) is 24.9. The van der Waals surface area contributed by atoms with Crippen LogP contribution in [0, 0.1) is 5.92 Å². The van der Waals surface area contributed by atoms with Crippen molar-refractivity contribution in [1.29, 1.82) is 0 Å². The summed E-state index contributed by atoms with van der Waals surface area (Å²) in [6.45, 7) is 2.16. The number of ether oxygens (including phenoxy) is 1. The van der Waals surface area contributed by atoms with Gasteiger partial charge in [-0.2, -0.15) is 0 Å². The van der Waals surface area contributed by atoms with Gasteiger partial charge < -0.3 is 14.9 Å². The molecule has 30 heavy (non-hydrogen) atoms. The van der Waals surface area contributed by atoms with Crippen LogP contribution in [0.5, 0.6) is 0 Å². The van der Waals surface area contributed by atoms with Gasteiger partial charge in [-0.25, -0.2) is 0 Å². The van der Waals surface area contributed by atoms with Crippen molar-refractivity contribution in [2.24, 2.45) is 5.92 Å². The molecule has 1 saturated carbocycles. The van der Waals surface area contributed by atoms with E-state index in [0.717, 1.165) is 56.1 Å². The second-order valence-electron chi connectivity index (χ2n) is 8.36. The zero-order valence-corrected chi connectivity index (χ0v) is 19.1. The summed E-state index contributed by atoms with van der Waals surface area (Å²) in [5, 5.41) is 20.9. The lowest BCUT2D eigenvalue weighted by Gasteiger charge is -2.23. The molecule has 2 N–H and O–H groups in total. The normalized spacial score (nSPS) is 25.0. The lowest BCUT2D eigenvalue weighted by molar-refractivity contribution is -0.140. The summed E-state index contributed by atoms with van der Waals surface area (Å²) in [7, 11) is 1.41. The minimum absolute atomic E-state index is 0.00139. The van der Waals surface area contributed by atoms with E-state index in [4.69, 9.17) is 11.6 Å². The Kier molecular flexibility index (Phi) is 10.9. The Morgan fingerprint density at radius 2 is 1.97 bits per heavy atom. The maximum atomic E-state index is 11.2. The van der Waals surface area contributed by atoms with E-state index in [1.165, 1.54) is 7.11 Å². The number of methoxy groups -OCH3 is 1. The van der Waals surface area contributed by atoms with Gasteiger partial charge in [0.1, 0.15) is 0 Å². The summed E-state index contributed by atoms with van der Waals surface area (Å²) >= 11 is 6.58. The van der Waals surface area contributed by atoms with Crippen molar-refractivity contribution in [3.8, 4) is 0 Å². The third-order valence-corrected chi connectivity index (χ3v) is 6.65. The highest BCUT2D eigenvalue weighted by Crippen LogP contribution is 2.45. The minimum Gasteiger partial charge on any atom is -0.469 e. The van der Waals surface area contributed by atoms with Crippen LogP contribution in [0.3, 0.4) is 0 Å². The van der Waals surface area contributed by atoms with Gasteiger partial charge in [0.05, 0.1) is 19.3 Å². The first-order chi connectivity index (χ1) is 14.5. The Morgan fingerprint density at radius 1 is 1.23 bits per heavy atom. The maximum Gasteiger partial charge on any atom is 0.305 e. The first-order valence-electron chi connectivity index (χ1n) is 11.3. The number of halogens is 1. The van der Waals surface area contributed by atoms with Crippen LogP contribution in [-0.2, 0) is 9.53 Å². The number of carbonyl (C=O) groups excluding carboxylic acids is 1. The summed E-state index contributed by atoms with van der Waals surface area (Å²) < 4.78 is 4.65. The Bertz CT molecular complexity index is 658. The molecule has 4 nitrogen and oxygen atoms in total. The largest absolute Gasteiger partial charge is 0.469 e. The molecule has 1 aliphatic carbocycles. The number of rotatable bonds is 12. The molecule has 0 spiro atoms. The molecule has 1 aliphatic rings. The lowest BCUT2D eigenvalue weighted by atomic mass is 9.84. The van der Waals surface area contributed by atoms with Crippen molar-refractivity contribution >= 4 is 17.6 Å². The molecule has 5 atom stereocenters. The van der Waals surface area contributed by atoms with Gasteiger partial charge in [-0.3, -0.25) is 4.79 Å². The number of alkyl halides is 1. The molecule has 0 saturated heterocycles. The molecule has 0 heterocycles. The van der Waals surface area contributed by atoms with Crippen molar-refractivity contribution in [2.75, 3.05) is 7.11 Å². The molecule has 1 aromatic carbocycles. The van der Waals surface area contributed by atoms with Crippen molar-refractivity contribution < 1.29 is 19.7 Å². The molecule has 0 amide bonds. The molecular weight excluding hydrogens is 400 g/mol. The van der Waals surface area contributed by atoms with Crippen molar-refractivity contribution in [3.63, 3.8) is 0 Å². The Balaban J connectivity index is 1.94. The quantitative estimate of drug-likeness (QED) is 0.192. The van der Waals surface area contributed by atoms with Gasteiger partial charge in [-0.15, -0.1) is 11.6 Å². The van der Waals surface area contributed by atoms with Gasteiger partial charge in [-0.05, 0) is 49.1 Å². The third kappa shape index (κ3) is 7.40. The second kappa shape index (κ2) is 13.1. The second-order valence-corrected chi connectivity index (χ2v) is 8.92.